The predicted octanol–water partition coefficient (Wildman–Crippen LogP) is 1.54. The summed E-state index contributed by atoms with van der Waals surface area (Å²) >= 11 is 0. The largest absolute Gasteiger partial charge is 0.483 e. The Morgan fingerprint density at radius 3 is 2.72 bits per heavy atom. The number of carbonyl (C=O) groups excluding carboxylic acids is 2. The number of hydrogen-bond donors (Lipinski definition) is 0. The highest BCUT2D eigenvalue weighted by Gasteiger charge is 2.44. The number of nitrogens with zero attached hydrogens (tertiary/aromatic N) is 1. The Balaban J connectivity index is 2.29. The van der Waals surface area contributed by atoms with E-state index in [1.165, 1.54) is 6.08 Å². The highest BCUT2D eigenvalue weighted by molar-refractivity contribution is 6.00. The summed E-state index contributed by atoms with van der Waals surface area (Å²) in [5.74, 6) is -2.11. The van der Waals surface area contributed by atoms with Crippen molar-refractivity contribution in [2.45, 2.75) is 19.0 Å². The minimum atomic E-state index is -4.95. The van der Waals surface area contributed by atoms with E-state index in [4.69, 9.17) is 4.74 Å². The lowest BCUT2D eigenvalue weighted by Crippen LogP contribution is -2.38. The molecule has 18 heavy (non-hydrogen) atoms. The molecule has 0 aromatic carbocycles. The summed E-state index contributed by atoms with van der Waals surface area (Å²) in [7, 11) is 1.02. The van der Waals surface area contributed by atoms with Crippen LogP contribution in [-0.2, 0) is 14.3 Å². The molecule has 1 aliphatic carbocycles. The lowest BCUT2D eigenvalue weighted by molar-refractivity contribution is -0.182. The van der Waals surface area contributed by atoms with E-state index in [-0.39, 0.29) is 23.8 Å². The quantitative estimate of drug-likeness (QED) is 0.719. The summed E-state index contributed by atoms with van der Waals surface area (Å²) in [6.45, 7) is -0.171. The first-order valence-electron chi connectivity index (χ1n) is 5.27. The Bertz CT molecular complexity index is 476. The maximum Gasteiger partial charge on any atom is 0.471 e. The molecule has 0 atom stereocenters. The summed E-state index contributed by atoms with van der Waals surface area (Å²) in [6, 6.07) is 0. The van der Waals surface area contributed by atoms with Crippen LogP contribution in [0, 0.1) is 0 Å². The van der Waals surface area contributed by atoms with Gasteiger partial charge in [-0.15, -0.1) is 0 Å². The lowest BCUT2D eigenvalue weighted by Gasteiger charge is -2.24. The van der Waals surface area contributed by atoms with Crippen LogP contribution in [0.1, 0.15) is 12.8 Å². The number of hydrogen-bond acceptors (Lipinski definition) is 3. The molecule has 98 valence electrons. The van der Waals surface area contributed by atoms with Gasteiger partial charge in [0.05, 0.1) is 5.70 Å². The fourth-order valence-electron chi connectivity index (χ4n) is 1.95. The number of rotatable bonds is 1. The highest BCUT2D eigenvalue weighted by Crippen LogP contribution is 2.34. The molecule has 7 heteroatoms. The Labute approximate surface area is 101 Å². The van der Waals surface area contributed by atoms with Gasteiger partial charge in [-0.25, -0.2) is 0 Å². The number of allylic oxidation sites excluding steroid dienone is 1. The zero-order chi connectivity index (χ0) is 13.5. The van der Waals surface area contributed by atoms with Gasteiger partial charge >= 0.3 is 12.1 Å². The van der Waals surface area contributed by atoms with Crippen molar-refractivity contribution in [3.63, 3.8) is 0 Å². The highest BCUT2D eigenvalue weighted by atomic mass is 19.4. The van der Waals surface area contributed by atoms with Crippen molar-refractivity contribution in [3.05, 3.63) is 23.1 Å². The Morgan fingerprint density at radius 2 is 2.11 bits per heavy atom. The van der Waals surface area contributed by atoms with E-state index in [2.05, 4.69) is 0 Å². The van der Waals surface area contributed by atoms with Crippen LogP contribution in [0.15, 0.2) is 23.1 Å². The third-order valence-corrected chi connectivity index (χ3v) is 2.83. The monoisotopic (exact) mass is 261 g/mol. The fraction of sp³-hybridized carbons (Fsp3) is 0.455. The third-order valence-electron chi connectivity index (χ3n) is 2.83. The van der Waals surface area contributed by atoms with Gasteiger partial charge in [0.1, 0.15) is 5.76 Å². The van der Waals surface area contributed by atoms with Crippen molar-refractivity contribution in [1.82, 2.24) is 4.90 Å². The van der Waals surface area contributed by atoms with E-state index in [0.717, 1.165) is 7.05 Å². The summed E-state index contributed by atoms with van der Waals surface area (Å²) in [5.41, 5.74) is 0.388. The minimum Gasteiger partial charge on any atom is -0.483 e. The molecule has 1 heterocycles. The van der Waals surface area contributed by atoms with Gasteiger partial charge in [-0.05, 0) is 12.8 Å². The van der Waals surface area contributed by atoms with Crippen LogP contribution < -0.4 is 0 Å². The van der Waals surface area contributed by atoms with E-state index in [0.29, 0.717) is 23.3 Å². The van der Waals surface area contributed by atoms with Crippen LogP contribution in [0.2, 0.25) is 0 Å². The molecule has 1 amide bonds. The van der Waals surface area contributed by atoms with E-state index in [1.807, 2.05) is 0 Å². The van der Waals surface area contributed by atoms with Crippen molar-refractivity contribution in [1.29, 1.82) is 0 Å². The molecular formula is C11H10F3NO3. The molecule has 0 saturated carbocycles. The molecule has 0 aromatic rings. The SMILES string of the molecule is CN(C(=O)C(F)(F)F)C1=CCCC2=C1OCC2=O. The molecule has 0 unspecified atom stereocenters. The van der Waals surface area contributed by atoms with Gasteiger partial charge in [-0.3, -0.25) is 9.59 Å². The normalized spacial score (nSPS) is 19.3. The average molecular weight is 261 g/mol. The minimum absolute atomic E-state index is 0.0180. The van der Waals surface area contributed by atoms with Crippen LogP contribution in [0.5, 0.6) is 0 Å². The number of likely N-dealkylation sites (N-methyl/N-ethyl adjacent to an activating group) is 1. The van der Waals surface area contributed by atoms with Crippen LogP contribution in [0.25, 0.3) is 0 Å². The number of ether oxygens (including phenoxy) is 1. The molecule has 2 aliphatic rings. The Morgan fingerprint density at radius 1 is 1.44 bits per heavy atom. The maximum absolute atomic E-state index is 12.3. The molecule has 4 nitrogen and oxygen atoms in total. The second-order valence-electron chi connectivity index (χ2n) is 4.01. The number of amides is 1. The third kappa shape index (κ3) is 2.00. The fourth-order valence-corrected chi connectivity index (χ4v) is 1.95. The number of halogens is 3. The first-order valence-corrected chi connectivity index (χ1v) is 5.27. The number of alkyl halides is 3. The van der Waals surface area contributed by atoms with Gasteiger partial charge in [0.25, 0.3) is 0 Å². The van der Waals surface area contributed by atoms with Gasteiger partial charge in [0, 0.05) is 12.6 Å². The van der Waals surface area contributed by atoms with Gasteiger partial charge in [-0.2, -0.15) is 13.2 Å². The van der Waals surface area contributed by atoms with Gasteiger partial charge < -0.3 is 9.64 Å². The summed E-state index contributed by atoms with van der Waals surface area (Å²) in [6.07, 6.45) is -2.62. The van der Waals surface area contributed by atoms with Gasteiger partial charge in [0.2, 0.25) is 0 Å². The first kappa shape index (κ1) is 12.7. The lowest BCUT2D eigenvalue weighted by atomic mass is 9.99. The average Bonchev–Trinajstić information content (AvgIpc) is 2.68. The molecule has 1 aliphatic heterocycles. The van der Waals surface area contributed by atoms with Crippen molar-refractivity contribution in [3.8, 4) is 0 Å². The Kier molecular flexibility index (Phi) is 2.92. The van der Waals surface area contributed by atoms with E-state index in [9.17, 15) is 22.8 Å². The van der Waals surface area contributed by atoms with Crippen LogP contribution in [-0.4, -0.2) is 36.4 Å². The molecule has 0 fully saturated rings. The van der Waals surface area contributed by atoms with Crippen LogP contribution in [0.3, 0.4) is 0 Å². The summed E-state index contributed by atoms with van der Waals surface area (Å²) < 4.78 is 42.1. The van der Waals surface area contributed by atoms with E-state index in [1.54, 1.807) is 0 Å². The van der Waals surface area contributed by atoms with Crippen LogP contribution >= 0.6 is 0 Å². The Hall–Kier alpha value is -1.79. The molecule has 0 spiro atoms. The molecular weight excluding hydrogens is 251 g/mol. The number of carbonyl (C=O) groups is 2. The summed E-state index contributed by atoms with van der Waals surface area (Å²) in [5, 5.41) is 0. The second kappa shape index (κ2) is 4.15. The summed E-state index contributed by atoms with van der Waals surface area (Å²) in [4.78, 5) is 23.0. The second-order valence-corrected chi connectivity index (χ2v) is 4.01. The zero-order valence-corrected chi connectivity index (χ0v) is 9.50. The van der Waals surface area contributed by atoms with Crippen molar-refractivity contribution >= 4 is 11.7 Å². The van der Waals surface area contributed by atoms with Crippen molar-refractivity contribution in [2.24, 2.45) is 0 Å². The molecule has 0 N–H and O–H groups in total. The van der Waals surface area contributed by atoms with Crippen molar-refractivity contribution < 1.29 is 27.5 Å². The van der Waals surface area contributed by atoms with E-state index >= 15 is 0 Å². The number of Topliss-reactive ketones (excluding diaryl/α,β-unsaturated/α-hetero) is 1. The van der Waals surface area contributed by atoms with Crippen LogP contribution in [0.4, 0.5) is 13.2 Å². The molecule has 0 radical (unpaired) electrons. The van der Waals surface area contributed by atoms with E-state index < -0.39 is 12.1 Å². The van der Waals surface area contributed by atoms with Crippen molar-refractivity contribution in [2.75, 3.05) is 13.7 Å². The van der Waals surface area contributed by atoms with Gasteiger partial charge in [-0.1, -0.05) is 6.08 Å². The molecule has 0 aromatic heterocycles. The molecule has 2 rings (SSSR count). The number of ketones is 1. The maximum atomic E-state index is 12.3. The smallest absolute Gasteiger partial charge is 0.471 e. The predicted molar refractivity (Wildman–Crippen MR) is 54.1 cm³/mol. The topological polar surface area (TPSA) is 46.6 Å². The standard InChI is InChI=1S/C11H10F3NO3/c1-15(10(17)11(12,13)14)7-4-2-3-6-8(16)5-18-9(6)7/h4H,2-3,5H2,1H3. The zero-order valence-electron chi connectivity index (χ0n) is 9.50. The first-order chi connectivity index (χ1) is 8.32. The molecule has 0 bridgehead atoms. The van der Waals surface area contributed by atoms with Gasteiger partial charge in [0.15, 0.2) is 12.4 Å². The molecule has 0 saturated heterocycles.